The number of anilines is 2. The highest BCUT2D eigenvalue weighted by Crippen LogP contribution is 2.43. The van der Waals surface area contributed by atoms with Crippen molar-refractivity contribution in [3.05, 3.63) is 131 Å². The number of amides is 2. The quantitative estimate of drug-likeness (QED) is 0.0979. The van der Waals surface area contributed by atoms with Gasteiger partial charge in [0.05, 0.1) is 24.6 Å². The first-order valence-electron chi connectivity index (χ1n) is 15.8. The highest BCUT2D eigenvalue weighted by Gasteiger charge is 2.32. The van der Waals surface area contributed by atoms with Crippen LogP contribution < -0.4 is 16.4 Å². The molecule has 4 aromatic carbocycles. The van der Waals surface area contributed by atoms with E-state index < -0.39 is 6.29 Å². The largest absolute Gasteiger partial charge is 0.459 e. The van der Waals surface area contributed by atoms with Gasteiger partial charge in [-0.05, 0) is 76.4 Å². The van der Waals surface area contributed by atoms with E-state index in [0.29, 0.717) is 50.2 Å². The maximum absolute atomic E-state index is 13.4. The maximum Gasteiger partial charge on any atom is 0.286 e. The Morgan fingerprint density at radius 2 is 1.65 bits per heavy atom. The van der Waals surface area contributed by atoms with Crippen LogP contribution in [0.5, 0.6) is 0 Å². The van der Waals surface area contributed by atoms with Crippen LogP contribution in [0.4, 0.5) is 11.4 Å². The van der Waals surface area contributed by atoms with Crippen LogP contribution in [-0.2, 0) is 38.7 Å². The molecule has 0 saturated heterocycles. The van der Waals surface area contributed by atoms with Crippen molar-refractivity contribution in [1.29, 1.82) is 0 Å². The number of fused-ring (bicyclic) bond motifs is 3. The minimum absolute atomic E-state index is 0.0148. The Labute approximate surface area is 269 Å². The SMILES string of the molecule is Nc1ccccc1NC(=O)CCCCNC(=O)C1=CC(c2cccc3c2Cc2ccccc2-3)CC(OCc2ccc(CO)cc2)O1. The van der Waals surface area contributed by atoms with E-state index in [1.54, 1.807) is 12.1 Å². The molecule has 1 aliphatic heterocycles. The zero-order valence-corrected chi connectivity index (χ0v) is 25.7. The van der Waals surface area contributed by atoms with E-state index in [-0.39, 0.29) is 30.1 Å². The van der Waals surface area contributed by atoms with E-state index in [2.05, 4.69) is 53.1 Å². The molecule has 0 aromatic heterocycles. The van der Waals surface area contributed by atoms with Gasteiger partial charge >= 0.3 is 0 Å². The van der Waals surface area contributed by atoms with Crippen LogP contribution in [0.15, 0.2) is 103 Å². The number of ether oxygens (including phenoxy) is 2. The molecule has 46 heavy (non-hydrogen) atoms. The molecule has 8 heteroatoms. The summed E-state index contributed by atoms with van der Waals surface area (Å²) in [5, 5.41) is 15.2. The van der Waals surface area contributed by atoms with E-state index in [9.17, 15) is 14.7 Å². The summed E-state index contributed by atoms with van der Waals surface area (Å²) in [5.74, 6) is -0.256. The number of aliphatic hydroxyl groups excluding tert-OH is 1. The number of para-hydroxylation sites is 2. The van der Waals surface area contributed by atoms with Gasteiger partial charge in [0.1, 0.15) is 0 Å². The average molecular weight is 618 g/mol. The van der Waals surface area contributed by atoms with Gasteiger partial charge < -0.3 is 30.9 Å². The van der Waals surface area contributed by atoms with Crippen LogP contribution in [0.3, 0.4) is 0 Å². The lowest BCUT2D eigenvalue weighted by molar-refractivity contribution is -0.150. The minimum Gasteiger partial charge on any atom is -0.459 e. The van der Waals surface area contributed by atoms with Crippen molar-refractivity contribution in [2.24, 2.45) is 0 Å². The van der Waals surface area contributed by atoms with Crippen LogP contribution in [0, 0.1) is 0 Å². The Hall–Kier alpha value is -4.92. The van der Waals surface area contributed by atoms with Gasteiger partial charge in [-0.2, -0.15) is 0 Å². The molecule has 2 amide bonds. The maximum atomic E-state index is 13.4. The Bertz CT molecular complexity index is 1730. The van der Waals surface area contributed by atoms with Crippen molar-refractivity contribution < 1.29 is 24.2 Å². The third-order valence-corrected chi connectivity index (χ3v) is 8.56. The first-order valence-corrected chi connectivity index (χ1v) is 15.8. The number of rotatable bonds is 12. The number of benzene rings is 4. The predicted molar refractivity (Wildman–Crippen MR) is 178 cm³/mol. The molecule has 0 spiro atoms. The number of nitrogens with one attached hydrogen (secondary N) is 2. The molecule has 5 N–H and O–H groups in total. The van der Waals surface area contributed by atoms with Gasteiger partial charge in [-0.3, -0.25) is 9.59 Å². The Balaban J connectivity index is 1.11. The standard InChI is InChI=1S/C38H39N3O5/c39-33-12-3-4-13-34(33)41-36(43)14-5-6-19-40-38(44)35-21-28(22-37(46-35)45-24-26-17-15-25(23-42)16-18-26)30-10-7-11-31-29-9-2-1-8-27(29)20-32(30)31/h1-4,7-13,15-18,21,28,37,42H,5-6,14,19-20,22-24,39H2,(H,40,44)(H,41,43). The van der Waals surface area contributed by atoms with Crippen LogP contribution in [0.25, 0.3) is 11.1 Å². The van der Waals surface area contributed by atoms with Crippen LogP contribution >= 0.6 is 0 Å². The molecule has 236 valence electrons. The summed E-state index contributed by atoms with van der Waals surface area (Å²) >= 11 is 0. The fraction of sp³-hybridized carbons (Fsp3) is 0.263. The first kappa shape index (κ1) is 31.1. The van der Waals surface area contributed by atoms with Crippen LogP contribution in [0.2, 0.25) is 0 Å². The number of unbranched alkanes of at least 4 members (excludes halogenated alkanes) is 1. The number of hydrogen-bond donors (Lipinski definition) is 4. The van der Waals surface area contributed by atoms with Gasteiger partial charge in [-0.15, -0.1) is 0 Å². The fourth-order valence-electron chi connectivity index (χ4n) is 6.12. The smallest absolute Gasteiger partial charge is 0.286 e. The second-order valence-corrected chi connectivity index (χ2v) is 11.8. The molecule has 1 aliphatic carbocycles. The zero-order valence-electron chi connectivity index (χ0n) is 25.7. The van der Waals surface area contributed by atoms with E-state index in [1.807, 2.05) is 42.5 Å². The highest BCUT2D eigenvalue weighted by atomic mass is 16.7. The number of carbonyl (C=O) groups is 2. The molecule has 8 nitrogen and oxygen atoms in total. The zero-order chi connectivity index (χ0) is 31.9. The van der Waals surface area contributed by atoms with Crippen molar-refractivity contribution >= 4 is 23.2 Å². The first-order chi connectivity index (χ1) is 22.5. The number of hydrogen-bond acceptors (Lipinski definition) is 6. The van der Waals surface area contributed by atoms with Crippen LogP contribution in [-0.4, -0.2) is 29.8 Å². The molecule has 2 aliphatic rings. The van der Waals surface area contributed by atoms with Gasteiger partial charge in [0.2, 0.25) is 12.2 Å². The molecule has 0 saturated carbocycles. The normalized spacial score (nSPS) is 16.5. The van der Waals surface area contributed by atoms with Gasteiger partial charge in [0.15, 0.2) is 5.76 Å². The molecule has 0 fully saturated rings. The third kappa shape index (κ3) is 7.30. The third-order valence-electron chi connectivity index (χ3n) is 8.56. The Kier molecular flexibility index (Phi) is 9.76. The number of nitrogens with two attached hydrogens (primary N) is 1. The van der Waals surface area contributed by atoms with Crippen molar-refractivity contribution in [2.75, 3.05) is 17.6 Å². The van der Waals surface area contributed by atoms with Crippen molar-refractivity contribution in [1.82, 2.24) is 5.32 Å². The summed E-state index contributed by atoms with van der Waals surface area (Å²) in [6.45, 7) is 0.704. The second kappa shape index (κ2) is 14.5. The predicted octanol–water partition coefficient (Wildman–Crippen LogP) is 6.19. The molecule has 2 unspecified atom stereocenters. The summed E-state index contributed by atoms with van der Waals surface area (Å²) in [6.07, 6.45) is 4.28. The molecular formula is C38H39N3O5. The number of nitrogen functional groups attached to an aromatic ring is 1. The molecule has 4 aromatic rings. The summed E-state index contributed by atoms with van der Waals surface area (Å²) in [5.41, 5.74) is 15.1. The molecule has 0 bridgehead atoms. The monoisotopic (exact) mass is 617 g/mol. The number of carbonyl (C=O) groups excluding carboxylic acids is 2. The Morgan fingerprint density at radius 1 is 0.891 bits per heavy atom. The summed E-state index contributed by atoms with van der Waals surface area (Å²) in [7, 11) is 0. The van der Waals surface area contributed by atoms with Gasteiger partial charge in [-0.1, -0.05) is 78.9 Å². The summed E-state index contributed by atoms with van der Waals surface area (Å²) < 4.78 is 12.4. The van der Waals surface area contributed by atoms with E-state index >= 15 is 0 Å². The molecule has 0 radical (unpaired) electrons. The minimum atomic E-state index is -0.623. The fourth-order valence-corrected chi connectivity index (χ4v) is 6.12. The van der Waals surface area contributed by atoms with Gasteiger partial charge in [0.25, 0.3) is 5.91 Å². The lowest BCUT2D eigenvalue weighted by Gasteiger charge is -2.30. The van der Waals surface area contributed by atoms with Crippen molar-refractivity contribution in [3.8, 4) is 11.1 Å². The van der Waals surface area contributed by atoms with Crippen LogP contribution in [0.1, 0.15) is 59.4 Å². The van der Waals surface area contributed by atoms with Crippen molar-refractivity contribution in [2.45, 2.75) is 57.5 Å². The van der Waals surface area contributed by atoms with E-state index in [0.717, 1.165) is 17.5 Å². The van der Waals surface area contributed by atoms with Crippen molar-refractivity contribution in [3.63, 3.8) is 0 Å². The van der Waals surface area contributed by atoms with E-state index in [4.69, 9.17) is 15.2 Å². The average Bonchev–Trinajstić information content (AvgIpc) is 3.47. The lowest BCUT2D eigenvalue weighted by Crippen LogP contribution is -2.33. The Morgan fingerprint density at radius 3 is 2.48 bits per heavy atom. The number of allylic oxidation sites excluding steroid dienone is 1. The van der Waals surface area contributed by atoms with Gasteiger partial charge in [-0.25, -0.2) is 0 Å². The molecule has 1 heterocycles. The topological polar surface area (TPSA) is 123 Å². The second-order valence-electron chi connectivity index (χ2n) is 11.8. The summed E-state index contributed by atoms with van der Waals surface area (Å²) in [4.78, 5) is 25.7. The highest BCUT2D eigenvalue weighted by molar-refractivity contribution is 5.94. The summed E-state index contributed by atoms with van der Waals surface area (Å²) in [6, 6.07) is 29.6. The molecule has 2 atom stereocenters. The molecule has 6 rings (SSSR count). The lowest BCUT2D eigenvalue weighted by atomic mass is 9.87. The van der Waals surface area contributed by atoms with E-state index in [1.165, 1.54) is 27.8 Å². The molecular weight excluding hydrogens is 578 g/mol. The number of aliphatic hydroxyl groups is 1. The van der Waals surface area contributed by atoms with Gasteiger partial charge in [0, 0.05) is 25.3 Å².